The molecule has 1 fully saturated rings. The molecule has 2 unspecified atom stereocenters. The lowest BCUT2D eigenvalue weighted by Gasteiger charge is -2.32. The normalized spacial score (nSPS) is 25.1. The number of nitrogens with one attached hydrogen (secondary N) is 2. The zero-order valence-corrected chi connectivity index (χ0v) is 11.6. The first kappa shape index (κ1) is 15.0. The van der Waals surface area contributed by atoms with Crippen molar-refractivity contribution in [2.75, 3.05) is 13.1 Å². The lowest BCUT2D eigenvalue weighted by molar-refractivity contribution is 0.303. The highest BCUT2D eigenvalue weighted by Crippen LogP contribution is 2.10. The maximum Gasteiger partial charge on any atom is 0.0195 e. The molecule has 0 saturated carbocycles. The summed E-state index contributed by atoms with van der Waals surface area (Å²) in [6, 6.07) is 1.42. The van der Waals surface area contributed by atoms with Crippen molar-refractivity contribution in [2.45, 2.75) is 76.8 Å². The van der Waals surface area contributed by atoms with Crippen LogP contribution in [0.4, 0.5) is 0 Å². The van der Waals surface area contributed by atoms with E-state index in [4.69, 9.17) is 0 Å². The predicted molar refractivity (Wildman–Crippen MR) is 76.2 cm³/mol. The van der Waals surface area contributed by atoms with Crippen molar-refractivity contribution in [3.05, 3.63) is 6.92 Å². The molecule has 1 saturated heterocycles. The van der Waals surface area contributed by atoms with Gasteiger partial charge in [-0.2, -0.15) is 0 Å². The smallest absolute Gasteiger partial charge is 0.0195 e. The molecule has 0 aromatic carbocycles. The van der Waals surface area contributed by atoms with E-state index >= 15 is 0 Å². The van der Waals surface area contributed by atoms with Gasteiger partial charge in [-0.15, -0.1) is 0 Å². The van der Waals surface area contributed by atoms with Gasteiger partial charge in [0, 0.05) is 25.2 Å². The molecule has 1 radical (unpaired) electrons. The molecule has 101 valence electrons. The molecule has 2 nitrogen and oxygen atoms in total. The quantitative estimate of drug-likeness (QED) is 0.603. The van der Waals surface area contributed by atoms with Gasteiger partial charge in [0.15, 0.2) is 0 Å². The summed E-state index contributed by atoms with van der Waals surface area (Å²) >= 11 is 0. The minimum absolute atomic E-state index is 0.709. The highest BCUT2D eigenvalue weighted by Gasteiger charge is 2.19. The van der Waals surface area contributed by atoms with Crippen LogP contribution in [0.25, 0.3) is 0 Å². The van der Waals surface area contributed by atoms with Crippen LogP contribution in [0.15, 0.2) is 0 Å². The molecule has 0 aliphatic carbocycles. The summed E-state index contributed by atoms with van der Waals surface area (Å²) in [4.78, 5) is 0. The van der Waals surface area contributed by atoms with Crippen LogP contribution >= 0.6 is 0 Å². The van der Waals surface area contributed by atoms with Crippen LogP contribution in [0.2, 0.25) is 0 Å². The molecule has 1 rings (SSSR count). The summed E-state index contributed by atoms with van der Waals surface area (Å²) < 4.78 is 0. The molecule has 17 heavy (non-hydrogen) atoms. The van der Waals surface area contributed by atoms with Gasteiger partial charge in [-0.25, -0.2) is 0 Å². The number of hydrogen-bond donors (Lipinski definition) is 2. The summed E-state index contributed by atoms with van der Waals surface area (Å²) in [5.41, 5.74) is 0. The largest absolute Gasteiger partial charge is 0.314 e. The van der Waals surface area contributed by atoms with Crippen LogP contribution < -0.4 is 10.6 Å². The van der Waals surface area contributed by atoms with Crippen molar-refractivity contribution in [2.24, 2.45) is 0 Å². The lowest BCUT2D eigenvalue weighted by Crippen LogP contribution is -2.54. The van der Waals surface area contributed by atoms with Gasteiger partial charge in [-0.3, -0.25) is 0 Å². The Balaban J connectivity index is 2.06. The number of rotatable bonds is 9. The highest BCUT2D eigenvalue weighted by atomic mass is 15.1. The summed E-state index contributed by atoms with van der Waals surface area (Å²) in [6.45, 7) is 8.50. The molecule has 0 spiro atoms. The van der Waals surface area contributed by atoms with Crippen LogP contribution in [0, 0.1) is 6.92 Å². The summed E-state index contributed by atoms with van der Waals surface area (Å²) in [7, 11) is 0. The van der Waals surface area contributed by atoms with E-state index in [0.29, 0.717) is 12.1 Å². The Bertz CT molecular complexity index is 170. The molecule has 2 N–H and O–H groups in total. The second-order valence-corrected chi connectivity index (χ2v) is 5.42. The van der Waals surface area contributed by atoms with Crippen LogP contribution in [0.3, 0.4) is 0 Å². The van der Waals surface area contributed by atoms with Gasteiger partial charge < -0.3 is 10.6 Å². The minimum Gasteiger partial charge on any atom is -0.314 e. The Labute approximate surface area is 108 Å². The Morgan fingerprint density at radius 3 is 2.18 bits per heavy atom. The standard InChI is InChI=1S/C15H31N2/c1-3-5-7-9-11-15-13-16-12-14(17-15)10-8-6-4-2/h14-17H,1,3-13H2,2H3. The fourth-order valence-electron chi connectivity index (χ4n) is 2.64. The van der Waals surface area contributed by atoms with E-state index in [1.54, 1.807) is 0 Å². The van der Waals surface area contributed by atoms with Crippen molar-refractivity contribution in [1.82, 2.24) is 10.6 Å². The molecule has 0 aromatic rings. The molecular formula is C15H31N2. The van der Waals surface area contributed by atoms with Gasteiger partial charge in [0.25, 0.3) is 0 Å². The summed E-state index contributed by atoms with van der Waals surface area (Å²) in [5, 5.41) is 7.39. The zero-order valence-electron chi connectivity index (χ0n) is 11.6. The third-order valence-electron chi connectivity index (χ3n) is 3.71. The third-order valence-corrected chi connectivity index (χ3v) is 3.71. The Kier molecular flexibility index (Phi) is 8.72. The molecule has 1 aliphatic heterocycles. The van der Waals surface area contributed by atoms with Crippen LogP contribution in [-0.4, -0.2) is 25.2 Å². The van der Waals surface area contributed by atoms with E-state index in [0.717, 1.165) is 13.0 Å². The maximum absolute atomic E-state index is 3.90. The summed E-state index contributed by atoms with van der Waals surface area (Å²) in [6.07, 6.45) is 11.9. The Hall–Kier alpha value is -0.0800. The van der Waals surface area contributed by atoms with Crippen molar-refractivity contribution in [3.8, 4) is 0 Å². The number of hydrogen-bond acceptors (Lipinski definition) is 2. The second kappa shape index (κ2) is 9.90. The van der Waals surface area contributed by atoms with E-state index in [2.05, 4.69) is 24.5 Å². The van der Waals surface area contributed by atoms with Crippen molar-refractivity contribution in [1.29, 1.82) is 0 Å². The average Bonchev–Trinajstić information content (AvgIpc) is 2.36. The van der Waals surface area contributed by atoms with E-state index in [9.17, 15) is 0 Å². The van der Waals surface area contributed by atoms with Crippen molar-refractivity contribution >= 4 is 0 Å². The molecule has 2 heteroatoms. The second-order valence-electron chi connectivity index (χ2n) is 5.42. The molecular weight excluding hydrogens is 208 g/mol. The van der Waals surface area contributed by atoms with E-state index in [1.165, 1.54) is 57.9 Å². The Morgan fingerprint density at radius 1 is 0.941 bits per heavy atom. The maximum atomic E-state index is 3.90. The first-order valence-electron chi connectivity index (χ1n) is 7.62. The summed E-state index contributed by atoms with van der Waals surface area (Å²) in [5.74, 6) is 0. The van der Waals surface area contributed by atoms with Gasteiger partial charge in [0.05, 0.1) is 0 Å². The highest BCUT2D eigenvalue weighted by molar-refractivity contribution is 4.83. The van der Waals surface area contributed by atoms with Gasteiger partial charge in [-0.05, 0) is 12.8 Å². The molecule has 2 atom stereocenters. The topological polar surface area (TPSA) is 24.1 Å². The van der Waals surface area contributed by atoms with Crippen LogP contribution in [0.1, 0.15) is 64.7 Å². The van der Waals surface area contributed by atoms with Crippen LogP contribution in [0.5, 0.6) is 0 Å². The fraction of sp³-hybridized carbons (Fsp3) is 0.933. The molecule has 1 aliphatic rings. The minimum atomic E-state index is 0.709. The lowest BCUT2D eigenvalue weighted by atomic mass is 10.0. The third kappa shape index (κ3) is 7.05. The number of piperazine rings is 1. The van der Waals surface area contributed by atoms with Gasteiger partial charge in [0.2, 0.25) is 0 Å². The van der Waals surface area contributed by atoms with Gasteiger partial charge in [0.1, 0.15) is 0 Å². The zero-order chi connectivity index (χ0) is 12.3. The van der Waals surface area contributed by atoms with Crippen molar-refractivity contribution in [3.63, 3.8) is 0 Å². The van der Waals surface area contributed by atoms with E-state index in [-0.39, 0.29) is 0 Å². The molecule has 0 amide bonds. The molecule has 0 aromatic heterocycles. The van der Waals surface area contributed by atoms with E-state index in [1.807, 2.05) is 0 Å². The monoisotopic (exact) mass is 239 g/mol. The average molecular weight is 239 g/mol. The Morgan fingerprint density at radius 2 is 1.59 bits per heavy atom. The molecule has 0 bridgehead atoms. The van der Waals surface area contributed by atoms with E-state index < -0.39 is 0 Å². The fourth-order valence-corrected chi connectivity index (χ4v) is 2.64. The van der Waals surface area contributed by atoms with Crippen molar-refractivity contribution < 1.29 is 0 Å². The van der Waals surface area contributed by atoms with Gasteiger partial charge >= 0.3 is 0 Å². The number of unbranched alkanes of at least 4 members (excludes halogenated alkanes) is 5. The first-order chi connectivity index (χ1) is 8.36. The van der Waals surface area contributed by atoms with Crippen LogP contribution in [-0.2, 0) is 0 Å². The SMILES string of the molecule is [CH2]CCCCCC1CNCC(CCCCC)N1. The van der Waals surface area contributed by atoms with Gasteiger partial charge in [-0.1, -0.05) is 58.8 Å². The predicted octanol–water partition coefficient (Wildman–Crippen LogP) is 3.28. The first-order valence-corrected chi connectivity index (χ1v) is 7.62. The molecule has 1 heterocycles.